The predicted molar refractivity (Wildman–Crippen MR) is 119 cm³/mol. The molecule has 0 saturated carbocycles. The van der Waals surface area contributed by atoms with Gasteiger partial charge in [-0.3, -0.25) is 14.0 Å². The van der Waals surface area contributed by atoms with Crippen LogP contribution in [-0.4, -0.2) is 89.2 Å². The molecule has 4 heterocycles. The average Bonchev–Trinajstić information content (AvgIpc) is 3.04. The van der Waals surface area contributed by atoms with Crippen molar-refractivity contribution in [1.82, 2.24) is 9.80 Å². The highest BCUT2D eigenvalue weighted by atomic mass is 35.5. The number of hydrogen-bond donors (Lipinski definition) is 0. The van der Waals surface area contributed by atoms with Crippen molar-refractivity contribution in [2.24, 2.45) is 0 Å². The van der Waals surface area contributed by atoms with Crippen LogP contribution in [0.2, 0.25) is 0 Å². The summed E-state index contributed by atoms with van der Waals surface area (Å²) < 4.78 is 24.7. The summed E-state index contributed by atoms with van der Waals surface area (Å²) in [6, 6.07) is 0.913. The molecule has 5 nitrogen and oxygen atoms in total. The molecule has 4 aliphatic heterocycles. The quantitative estimate of drug-likeness (QED) is 0.599. The van der Waals surface area contributed by atoms with Crippen LogP contribution in [0.5, 0.6) is 0 Å². The topological polar surface area (TPSA) is 42.0 Å². The van der Waals surface area contributed by atoms with Gasteiger partial charge in [0.15, 0.2) is 0 Å². The van der Waals surface area contributed by atoms with Gasteiger partial charge in [-0.15, -0.1) is 24.8 Å². The van der Waals surface area contributed by atoms with E-state index in [1.54, 1.807) is 0 Å². The van der Waals surface area contributed by atoms with Gasteiger partial charge in [0, 0.05) is 49.1 Å². The minimum absolute atomic E-state index is 0. The van der Waals surface area contributed by atoms with Crippen molar-refractivity contribution in [3.63, 3.8) is 0 Å². The molecule has 164 valence electrons. The third kappa shape index (κ3) is 5.71. The normalized spacial score (nSPS) is 39.2. The molecule has 28 heavy (non-hydrogen) atoms. The lowest BCUT2D eigenvalue weighted by Crippen LogP contribution is -2.52. The zero-order chi connectivity index (χ0) is 17.8. The fourth-order valence-electron chi connectivity index (χ4n) is 5.27. The van der Waals surface area contributed by atoms with E-state index in [9.17, 15) is 4.21 Å². The van der Waals surface area contributed by atoms with Crippen LogP contribution in [0.3, 0.4) is 0 Å². The van der Waals surface area contributed by atoms with E-state index in [0.29, 0.717) is 22.6 Å². The second-order valence-corrected chi connectivity index (χ2v) is 9.91. The molecule has 4 rings (SSSR count). The Morgan fingerprint density at radius 2 is 1.07 bits per heavy atom. The summed E-state index contributed by atoms with van der Waals surface area (Å²) in [4.78, 5) is 5.15. The second kappa shape index (κ2) is 12.2. The first-order valence-corrected chi connectivity index (χ1v) is 11.8. The Morgan fingerprint density at radius 1 is 0.679 bits per heavy atom. The summed E-state index contributed by atoms with van der Waals surface area (Å²) in [6.07, 6.45) is 11.5. The number of hydrogen-bond acceptors (Lipinski definition) is 5. The Balaban J connectivity index is 0.00000140. The van der Waals surface area contributed by atoms with E-state index in [1.165, 1.54) is 0 Å². The number of halogens is 2. The molecule has 5 atom stereocenters. The van der Waals surface area contributed by atoms with Crippen molar-refractivity contribution in [2.75, 3.05) is 52.6 Å². The van der Waals surface area contributed by atoms with E-state index in [4.69, 9.17) is 9.47 Å². The molecule has 0 radical (unpaired) electrons. The van der Waals surface area contributed by atoms with Crippen LogP contribution in [0.15, 0.2) is 12.2 Å². The van der Waals surface area contributed by atoms with Gasteiger partial charge in [0.1, 0.15) is 0 Å². The number of morpholine rings is 2. The highest BCUT2D eigenvalue weighted by Gasteiger charge is 2.44. The standard InChI is InChI=1S/C20H34N2O3S.2ClH/c23-26-19-7-8-20(26)18(22-11-15-25-16-12-22)6-4-2-1-3-5-17(19)21-9-13-24-14-10-21;;/h1-2,17-20H,3-16H2;2*1H/b2-1-;;/t17?,18?,19-,20+,26?;;. The van der Waals surface area contributed by atoms with Crippen molar-refractivity contribution in [1.29, 1.82) is 0 Å². The van der Waals surface area contributed by atoms with E-state index >= 15 is 0 Å². The van der Waals surface area contributed by atoms with Gasteiger partial charge >= 0.3 is 0 Å². The maximum absolute atomic E-state index is 13.6. The van der Waals surface area contributed by atoms with Gasteiger partial charge in [-0.05, 0) is 38.5 Å². The van der Waals surface area contributed by atoms with Crippen LogP contribution in [-0.2, 0) is 20.3 Å². The van der Waals surface area contributed by atoms with Gasteiger partial charge in [0.25, 0.3) is 0 Å². The molecule has 0 aromatic carbocycles. The molecule has 0 aromatic heterocycles. The van der Waals surface area contributed by atoms with Crippen molar-refractivity contribution in [2.45, 2.75) is 61.1 Å². The molecule has 0 N–H and O–H groups in total. The Kier molecular flexibility index (Phi) is 10.7. The monoisotopic (exact) mass is 454 g/mol. The van der Waals surface area contributed by atoms with E-state index in [1.807, 2.05) is 0 Å². The highest BCUT2D eigenvalue weighted by Crippen LogP contribution is 2.35. The van der Waals surface area contributed by atoms with Gasteiger partial charge < -0.3 is 9.47 Å². The van der Waals surface area contributed by atoms with Crippen molar-refractivity contribution in [3.05, 3.63) is 12.2 Å². The number of ether oxygens (including phenoxy) is 2. The third-order valence-corrected chi connectivity index (χ3v) is 8.94. The summed E-state index contributed by atoms with van der Waals surface area (Å²) in [5.74, 6) is 0. The fourth-order valence-corrected chi connectivity index (χ4v) is 7.70. The van der Waals surface area contributed by atoms with Gasteiger partial charge in [-0.2, -0.15) is 0 Å². The van der Waals surface area contributed by atoms with Crippen LogP contribution >= 0.6 is 24.8 Å². The van der Waals surface area contributed by atoms with Gasteiger partial charge in [-0.1, -0.05) is 12.2 Å². The lowest BCUT2D eigenvalue weighted by atomic mass is 9.96. The average molecular weight is 455 g/mol. The number of fused-ring (bicyclic) bond motifs is 2. The first kappa shape index (κ1) is 24.6. The first-order valence-electron chi connectivity index (χ1n) is 10.5. The third-order valence-electron chi connectivity index (χ3n) is 6.65. The van der Waals surface area contributed by atoms with E-state index in [-0.39, 0.29) is 24.8 Å². The van der Waals surface area contributed by atoms with Crippen LogP contribution in [0.4, 0.5) is 0 Å². The molecular weight excluding hydrogens is 419 g/mol. The second-order valence-electron chi connectivity index (χ2n) is 8.04. The molecule has 3 fully saturated rings. The molecule has 0 spiro atoms. The minimum Gasteiger partial charge on any atom is -0.379 e. The Morgan fingerprint density at radius 3 is 1.46 bits per heavy atom. The van der Waals surface area contributed by atoms with E-state index < -0.39 is 10.8 Å². The number of allylic oxidation sites excluding steroid dienone is 2. The van der Waals surface area contributed by atoms with Crippen LogP contribution in [0, 0.1) is 0 Å². The lowest BCUT2D eigenvalue weighted by molar-refractivity contribution is 0.0133. The fraction of sp³-hybridized carbons (Fsp3) is 0.900. The zero-order valence-corrected chi connectivity index (χ0v) is 19.2. The molecule has 4 aliphatic rings. The first-order chi connectivity index (χ1) is 12.8. The minimum atomic E-state index is -0.730. The molecule has 3 unspecified atom stereocenters. The van der Waals surface area contributed by atoms with Crippen LogP contribution in [0.1, 0.15) is 38.5 Å². The summed E-state index contributed by atoms with van der Waals surface area (Å²) in [5, 5.41) is 0.682. The molecular formula is C20H36Cl2N2O3S. The largest absolute Gasteiger partial charge is 0.379 e. The summed E-state index contributed by atoms with van der Waals surface area (Å²) in [7, 11) is -0.730. The molecule has 2 bridgehead atoms. The summed E-state index contributed by atoms with van der Waals surface area (Å²) in [6.45, 7) is 7.30. The van der Waals surface area contributed by atoms with E-state index in [2.05, 4.69) is 22.0 Å². The Bertz CT molecular complexity index is 472. The van der Waals surface area contributed by atoms with E-state index in [0.717, 1.165) is 91.1 Å². The molecule has 8 heteroatoms. The molecule has 3 saturated heterocycles. The van der Waals surface area contributed by atoms with Gasteiger partial charge in [0.2, 0.25) is 0 Å². The molecule has 0 aliphatic carbocycles. The predicted octanol–water partition coefficient (Wildman–Crippen LogP) is 2.64. The van der Waals surface area contributed by atoms with Crippen molar-refractivity contribution in [3.8, 4) is 0 Å². The Labute approximate surface area is 184 Å². The SMILES string of the molecule is Cl.Cl.O=S1[C@@H]2CC[C@H]1C(N1CCOCC1)CC/C=C\CCC2N1CCOCC1. The van der Waals surface area contributed by atoms with Crippen molar-refractivity contribution >= 4 is 35.6 Å². The molecule has 0 amide bonds. The van der Waals surface area contributed by atoms with Crippen LogP contribution in [0.25, 0.3) is 0 Å². The Hall–Kier alpha value is 0.310. The number of rotatable bonds is 2. The maximum atomic E-state index is 13.6. The smallest absolute Gasteiger partial charge is 0.0594 e. The van der Waals surface area contributed by atoms with Crippen molar-refractivity contribution < 1.29 is 13.7 Å². The zero-order valence-electron chi connectivity index (χ0n) is 16.7. The number of nitrogens with zero attached hydrogens (tertiary/aromatic N) is 2. The maximum Gasteiger partial charge on any atom is 0.0594 e. The van der Waals surface area contributed by atoms with Crippen LogP contribution < -0.4 is 0 Å². The highest BCUT2D eigenvalue weighted by molar-refractivity contribution is 7.86. The lowest BCUT2D eigenvalue weighted by Gasteiger charge is -2.39. The summed E-state index contributed by atoms with van der Waals surface area (Å²) in [5.41, 5.74) is 0. The van der Waals surface area contributed by atoms with Gasteiger partial charge in [0.05, 0.1) is 36.9 Å². The molecule has 0 aromatic rings. The van der Waals surface area contributed by atoms with Gasteiger partial charge in [-0.25, -0.2) is 0 Å². The summed E-state index contributed by atoms with van der Waals surface area (Å²) >= 11 is 0.